The Morgan fingerprint density at radius 3 is 2.85 bits per heavy atom. The van der Waals surface area contributed by atoms with Crippen molar-refractivity contribution < 1.29 is 13.6 Å². The minimum Gasteiger partial charge on any atom is -0.443 e. The molecule has 26 heavy (non-hydrogen) atoms. The highest BCUT2D eigenvalue weighted by atomic mass is 35.5. The van der Waals surface area contributed by atoms with Crippen molar-refractivity contribution in [3.63, 3.8) is 0 Å². The Kier molecular flexibility index (Phi) is 4.51. The molecule has 1 atom stereocenters. The molecular weight excluding hydrogens is 354 g/mol. The number of oxazole rings is 2. The predicted molar refractivity (Wildman–Crippen MR) is 95.0 cm³/mol. The number of likely N-dealkylation sites (tertiary alicyclic amines) is 1. The van der Waals surface area contributed by atoms with E-state index in [1.165, 1.54) is 6.39 Å². The smallest absolute Gasteiger partial charge is 0.292 e. The lowest BCUT2D eigenvalue weighted by Gasteiger charge is -2.21. The number of carbonyl (C=O) groups excluding carboxylic acids is 1. The lowest BCUT2D eigenvalue weighted by Crippen LogP contribution is -2.30. The summed E-state index contributed by atoms with van der Waals surface area (Å²) >= 11 is 5.92. The van der Waals surface area contributed by atoms with E-state index >= 15 is 0 Å². The largest absolute Gasteiger partial charge is 0.443 e. The average Bonchev–Trinajstić information content (AvgIpc) is 3.36. The molecule has 1 aliphatic heterocycles. The quantitative estimate of drug-likeness (QED) is 0.687. The molecule has 1 saturated heterocycles. The molecule has 0 spiro atoms. The Hall–Kier alpha value is -2.60. The normalized spacial score (nSPS) is 17.0. The summed E-state index contributed by atoms with van der Waals surface area (Å²) in [4.78, 5) is 22.9. The first kappa shape index (κ1) is 16.8. The number of amides is 1. The number of rotatable bonds is 4. The molecular formula is C19H18ClN3O3. The summed E-state index contributed by atoms with van der Waals surface area (Å²) in [6.45, 7) is 2.41. The van der Waals surface area contributed by atoms with Gasteiger partial charge in [-0.25, -0.2) is 9.97 Å². The van der Waals surface area contributed by atoms with E-state index in [1.54, 1.807) is 18.0 Å². The minimum atomic E-state index is -0.175. The molecule has 1 fully saturated rings. The first-order chi connectivity index (χ1) is 12.6. The molecule has 0 aliphatic carbocycles. The average molecular weight is 372 g/mol. The highest BCUT2D eigenvalue weighted by Gasteiger charge is 2.35. The zero-order chi connectivity index (χ0) is 18.1. The number of aryl methyl sites for hydroxylation is 1. The molecule has 6 nitrogen and oxygen atoms in total. The van der Waals surface area contributed by atoms with E-state index in [0.717, 1.165) is 24.2 Å². The molecule has 1 aliphatic rings. The third-order valence-corrected chi connectivity index (χ3v) is 4.85. The van der Waals surface area contributed by atoms with Crippen LogP contribution in [0.1, 0.15) is 52.3 Å². The van der Waals surface area contributed by atoms with Gasteiger partial charge in [0, 0.05) is 18.0 Å². The fraction of sp³-hybridized carbons (Fsp3) is 0.316. The fourth-order valence-corrected chi connectivity index (χ4v) is 3.39. The van der Waals surface area contributed by atoms with Gasteiger partial charge in [-0.3, -0.25) is 4.79 Å². The Morgan fingerprint density at radius 2 is 2.12 bits per heavy atom. The molecule has 0 radical (unpaired) electrons. The summed E-state index contributed by atoms with van der Waals surface area (Å²) in [6, 6.07) is 7.45. The van der Waals surface area contributed by atoms with Crippen LogP contribution in [0.5, 0.6) is 0 Å². The van der Waals surface area contributed by atoms with Crippen molar-refractivity contribution in [2.75, 3.05) is 6.54 Å². The maximum absolute atomic E-state index is 12.8. The summed E-state index contributed by atoms with van der Waals surface area (Å²) in [6.07, 6.45) is 5.37. The maximum atomic E-state index is 12.8. The number of halogens is 1. The van der Waals surface area contributed by atoms with Crippen LogP contribution in [-0.4, -0.2) is 27.3 Å². The summed E-state index contributed by atoms with van der Waals surface area (Å²) in [5.74, 6) is 1.44. The first-order valence-electron chi connectivity index (χ1n) is 8.52. The Balaban J connectivity index is 1.52. The highest BCUT2D eigenvalue weighted by molar-refractivity contribution is 6.30. The van der Waals surface area contributed by atoms with Gasteiger partial charge in [-0.2, -0.15) is 0 Å². The lowest BCUT2D eigenvalue weighted by molar-refractivity contribution is 0.0681. The van der Waals surface area contributed by atoms with Crippen molar-refractivity contribution in [3.05, 3.63) is 70.5 Å². The van der Waals surface area contributed by atoms with Gasteiger partial charge in [-0.1, -0.05) is 23.7 Å². The zero-order valence-electron chi connectivity index (χ0n) is 14.3. The van der Waals surface area contributed by atoms with Gasteiger partial charge in [0.1, 0.15) is 11.8 Å². The van der Waals surface area contributed by atoms with Crippen LogP contribution in [0, 0.1) is 6.92 Å². The Bertz CT molecular complexity index is 916. The summed E-state index contributed by atoms with van der Waals surface area (Å²) in [5.41, 5.74) is 1.69. The van der Waals surface area contributed by atoms with E-state index in [2.05, 4.69) is 9.97 Å². The highest BCUT2D eigenvalue weighted by Crippen LogP contribution is 2.33. The van der Waals surface area contributed by atoms with Crippen LogP contribution in [0.2, 0.25) is 5.02 Å². The van der Waals surface area contributed by atoms with Gasteiger partial charge >= 0.3 is 0 Å². The lowest BCUT2D eigenvalue weighted by atomic mass is 10.1. The van der Waals surface area contributed by atoms with Crippen molar-refractivity contribution in [1.82, 2.24) is 14.9 Å². The first-order valence-corrected chi connectivity index (χ1v) is 8.89. The number of benzene rings is 1. The standard InChI is InChI=1S/C19H18ClN3O3/c1-12-17(25-11-22-12)19(24)23-8-2-3-16(23)18-21-10-15(26-18)9-13-4-6-14(20)7-5-13/h4-7,10-11,16H,2-3,8-9H2,1H3/t16-/m1/s1. The summed E-state index contributed by atoms with van der Waals surface area (Å²) in [5, 5.41) is 0.704. The number of hydrogen-bond acceptors (Lipinski definition) is 5. The van der Waals surface area contributed by atoms with E-state index in [0.29, 0.717) is 29.6 Å². The Morgan fingerprint density at radius 1 is 1.31 bits per heavy atom. The van der Waals surface area contributed by atoms with Crippen LogP contribution in [0.25, 0.3) is 0 Å². The minimum absolute atomic E-state index is 0.167. The van der Waals surface area contributed by atoms with Gasteiger partial charge in [0.05, 0.1) is 11.9 Å². The van der Waals surface area contributed by atoms with Gasteiger partial charge in [-0.05, 0) is 37.5 Å². The van der Waals surface area contributed by atoms with Crippen LogP contribution >= 0.6 is 11.6 Å². The van der Waals surface area contributed by atoms with Crippen molar-refractivity contribution in [3.8, 4) is 0 Å². The van der Waals surface area contributed by atoms with Crippen molar-refractivity contribution in [1.29, 1.82) is 0 Å². The molecule has 3 aromatic rings. The topological polar surface area (TPSA) is 72.4 Å². The van der Waals surface area contributed by atoms with Crippen LogP contribution in [-0.2, 0) is 6.42 Å². The molecule has 0 unspecified atom stereocenters. The van der Waals surface area contributed by atoms with Crippen LogP contribution in [0.15, 0.2) is 45.7 Å². The van der Waals surface area contributed by atoms with Crippen LogP contribution in [0.4, 0.5) is 0 Å². The summed E-state index contributed by atoms with van der Waals surface area (Å²) < 4.78 is 11.2. The van der Waals surface area contributed by atoms with Gasteiger partial charge in [0.15, 0.2) is 6.39 Å². The fourth-order valence-electron chi connectivity index (χ4n) is 3.27. The number of carbonyl (C=O) groups is 1. The van der Waals surface area contributed by atoms with Gasteiger partial charge in [-0.15, -0.1) is 0 Å². The van der Waals surface area contributed by atoms with E-state index < -0.39 is 0 Å². The number of hydrogen-bond donors (Lipinski definition) is 0. The molecule has 3 heterocycles. The third-order valence-electron chi connectivity index (χ3n) is 4.60. The predicted octanol–water partition coefficient (Wildman–Crippen LogP) is 4.19. The second kappa shape index (κ2) is 6.96. The molecule has 0 N–H and O–H groups in total. The second-order valence-corrected chi connectivity index (χ2v) is 6.83. The van der Waals surface area contributed by atoms with Crippen molar-refractivity contribution in [2.45, 2.75) is 32.2 Å². The third kappa shape index (κ3) is 3.24. The van der Waals surface area contributed by atoms with Crippen molar-refractivity contribution in [2.24, 2.45) is 0 Å². The second-order valence-electron chi connectivity index (χ2n) is 6.39. The van der Waals surface area contributed by atoms with Gasteiger partial charge in [0.25, 0.3) is 5.91 Å². The summed E-state index contributed by atoms with van der Waals surface area (Å²) in [7, 11) is 0. The van der Waals surface area contributed by atoms with Crippen LogP contribution in [0.3, 0.4) is 0 Å². The van der Waals surface area contributed by atoms with Gasteiger partial charge in [0.2, 0.25) is 11.7 Å². The maximum Gasteiger partial charge on any atom is 0.292 e. The molecule has 0 saturated carbocycles. The van der Waals surface area contributed by atoms with E-state index in [-0.39, 0.29) is 17.7 Å². The van der Waals surface area contributed by atoms with E-state index in [4.69, 9.17) is 20.4 Å². The molecule has 134 valence electrons. The molecule has 0 bridgehead atoms. The molecule has 1 aromatic carbocycles. The molecule has 2 aromatic heterocycles. The number of aromatic nitrogens is 2. The Labute approximate surface area is 155 Å². The van der Waals surface area contributed by atoms with Crippen molar-refractivity contribution >= 4 is 17.5 Å². The zero-order valence-corrected chi connectivity index (χ0v) is 15.1. The van der Waals surface area contributed by atoms with E-state index in [9.17, 15) is 4.79 Å². The van der Waals surface area contributed by atoms with Gasteiger partial charge < -0.3 is 13.7 Å². The van der Waals surface area contributed by atoms with Crippen LogP contribution < -0.4 is 0 Å². The SMILES string of the molecule is Cc1ncoc1C(=O)N1CCC[C@@H]1c1ncc(Cc2ccc(Cl)cc2)o1. The molecule has 4 rings (SSSR count). The molecule has 7 heteroatoms. The van der Waals surface area contributed by atoms with E-state index in [1.807, 2.05) is 24.3 Å². The monoisotopic (exact) mass is 371 g/mol. The number of nitrogens with zero attached hydrogens (tertiary/aromatic N) is 3. The molecule has 1 amide bonds.